The summed E-state index contributed by atoms with van der Waals surface area (Å²) in [5, 5.41) is 1.13. The number of thiazole rings is 1. The Morgan fingerprint density at radius 1 is 1.15 bits per heavy atom. The van der Waals surface area contributed by atoms with E-state index in [1.807, 2.05) is 11.3 Å². The second kappa shape index (κ2) is 5.71. The third-order valence-electron chi connectivity index (χ3n) is 6.37. The molecule has 0 bridgehead atoms. The SMILES string of the molecule is COc1cc2c(c(C)c1C)N(c1nc3ccccc3s1)CC1(CCC1)C2. The number of anilines is 2. The number of benzene rings is 2. The molecule has 1 spiro atoms. The summed E-state index contributed by atoms with van der Waals surface area (Å²) in [7, 11) is 1.78. The molecule has 2 aliphatic rings. The Morgan fingerprint density at radius 2 is 1.96 bits per heavy atom. The number of methoxy groups -OCH3 is 1. The van der Waals surface area contributed by atoms with Gasteiger partial charge in [0.1, 0.15) is 5.75 Å². The minimum absolute atomic E-state index is 0.414. The summed E-state index contributed by atoms with van der Waals surface area (Å²) < 4.78 is 6.93. The van der Waals surface area contributed by atoms with Gasteiger partial charge < -0.3 is 9.64 Å². The lowest BCUT2D eigenvalue weighted by Gasteiger charge is -2.50. The fourth-order valence-corrected chi connectivity index (χ4v) is 5.66. The van der Waals surface area contributed by atoms with Gasteiger partial charge in [-0.05, 0) is 73.4 Å². The van der Waals surface area contributed by atoms with Crippen molar-refractivity contribution in [1.29, 1.82) is 0 Å². The summed E-state index contributed by atoms with van der Waals surface area (Å²) in [4.78, 5) is 7.49. The van der Waals surface area contributed by atoms with Crippen molar-refractivity contribution in [2.75, 3.05) is 18.6 Å². The molecule has 134 valence electrons. The van der Waals surface area contributed by atoms with Crippen LogP contribution in [0.5, 0.6) is 5.75 Å². The third kappa shape index (κ3) is 2.28. The summed E-state index contributed by atoms with van der Waals surface area (Å²) in [6.07, 6.45) is 5.17. The molecular weight excluding hydrogens is 340 g/mol. The van der Waals surface area contributed by atoms with Crippen molar-refractivity contribution >= 4 is 32.4 Å². The van der Waals surface area contributed by atoms with Crippen molar-refractivity contribution in [2.24, 2.45) is 5.41 Å². The van der Waals surface area contributed by atoms with Crippen LogP contribution in [0.1, 0.15) is 36.0 Å². The highest BCUT2D eigenvalue weighted by atomic mass is 32.1. The first kappa shape index (κ1) is 16.1. The zero-order chi connectivity index (χ0) is 17.9. The van der Waals surface area contributed by atoms with Crippen molar-refractivity contribution in [3.05, 3.63) is 47.0 Å². The molecule has 26 heavy (non-hydrogen) atoms. The topological polar surface area (TPSA) is 25.4 Å². The molecule has 1 saturated carbocycles. The predicted octanol–water partition coefficient (Wildman–Crippen LogP) is 5.79. The van der Waals surface area contributed by atoms with Crippen molar-refractivity contribution < 1.29 is 4.74 Å². The van der Waals surface area contributed by atoms with Gasteiger partial charge >= 0.3 is 0 Å². The Hall–Kier alpha value is -2.07. The highest BCUT2D eigenvalue weighted by Gasteiger charge is 2.44. The molecule has 0 N–H and O–H groups in total. The summed E-state index contributed by atoms with van der Waals surface area (Å²) in [6, 6.07) is 10.7. The molecule has 2 aromatic carbocycles. The smallest absolute Gasteiger partial charge is 0.191 e. The van der Waals surface area contributed by atoms with Gasteiger partial charge in [0.25, 0.3) is 0 Å². The summed E-state index contributed by atoms with van der Waals surface area (Å²) >= 11 is 1.81. The normalized spacial score (nSPS) is 18.0. The lowest BCUT2D eigenvalue weighted by atomic mass is 9.63. The minimum Gasteiger partial charge on any atom is -0.496 e. The number of rotatable bonds is 2. The van der Waals surface area contributed by atoms with E-state index in [0.717, 1.165) is 22.9 Å². The average molecular weight is 365 g/mol. The van der Waals surface area contributed by atoms with Crippen LogP contribution < -0.4 is 9.64 Å². The lowest BCUT2D eigenvalue weighted by Crippen LogP contribution is -2.46. The zero-order valence-electron chi connectivity index (χ0n) is 15.6. The molecular formula is C22H24N2OS. The molecule has 2 heterocycles. The van der Waals surface area contributed by atoms with Gasteiger partial charge in [-0.3, -0.25) is 0 Å². The molecule has 1 aliphatic heterocycles. The molecule has 5 rings (SSSR count). The predicted molar refractivity (Wildman–Crippen MR) is 109 cm³/mol. The molecule has 0 unspecified atom stereocenters. The maximum absolute atomic E-state index is 5.67. The maximum atomic E-state index is 5.67. The van der Waals surface area contributed by atoms with Crippen LogP contribution in [0.15, 0.2) is 30.3 Å². The minimum atomic E-state index is 0.414. The first-order valence-corrected chi connectivity index (χ1v) is 10.2. The number of aromatic nitrogens is 1. The van der Waals surface area contributed by atoms with Crippen molar-refractivity contribution in [3.8, 4) is 5.75 Å². The van der Waals surface area contributed by atoms with Crippen LogP contribution in [0.4, 0.5) is 10.8 Å². The van der Waals surface area contributed by atoms with E-state index in [2.05, 4.69) is 49.1 Å². The van der Waals surface area contributed by atoms with Gasteiger partial charge in [0.05, 0.1) is 17.3 Å². The quantitative estimate of drug-likeness (QED) is 0.576. The first-order valence-electron chi connectivity index (χ1n) is 9.40. The summed E-state index contributed by atoms with van der Waals surface area (Å²) in [6.45, 7) is 5.49. The van der Waals surface area contributed by atoms with E-state index in [-0.39, 0.29) is 0 Å². The monoisotopic (exact) mass is 364 g/mol. The van der Waals surface area contributed by atoms with Gasteiger partial charge in [-0.2, -0.15) is 0 Å². The number of hydrogen-bond acceptors (Lipinski definition) is 4. The molecule has 1 aromatic heterocycles. The van der Waals surface area contributed by atoms with E-state index in [9.17, 15) is 0 Å². The second-order valence-electron chi connectivity index (χ2n) is 7.92. The number of ether oxygens (including phenoxy) is 1. The van der Waals surface area contributed by atoms with Crippen LogP contribution >= 0.6 is 11.3 Å². The fraction of sp³-hybridized carbons (Fsp3) is 0.409. The molecule has 0 radical (unpaired) electrons. The molecule has 3 nitrogen and oxygen atoms in total. The average Bonchev–Trinajstić information content (AvgIpc) is 3.06. The Kier molecular flexibility index (Phi) is 3.54. The molecule has 0 amide bonds. The van der Waals surface area contributed by atoms with Gasteiger partial charge in [0.15, 0.2) is 5.13 Å². The lowest BCUT2D eigenvalue weighted by molar-refractivity contribution is 0.138. The van der Waals surface area contributed by atoms with E-state index < -0.39 is 0 Å². The van der Waals surface area contributed by atoms with Gasteiger partial charge in [-0.25, -0.2) is 4.98 Å². The molecule has 0 saturated heterocycles. The third-order valence-corrected chi connectivity index (χ3v) is 7.43. The number of hydrogen-bond donors (Lipinski definition) is 0. The summed E-state index contributed by atoms with van der Waals surface area (Å²) in [5.74, 6) is 1.02. The van der Waals surface area contributed by atoms with Gasteiger partial charge in [0.2, 0.25) is 0 Å². The fourth-order valence-electron chi connectivity index (χ4n) is 4.69. The van der Waals surface area contributed by atoms with Crippen molar-refractivity contribution in [1.82, 2.24) is 4.98 Å². The Morgan fingerprint density at radius 3 is 2.65 bits per heavy atom. The van der Waals surface area contributed by atoms with Gasteiger partial charge in [0, 0.05) is 12.2 Å². The van der Waals surface area contributed by atoms with Crippen molar-refractivity contribution in [3.63, 3.8) is 0 Å². The molecule has 1 aliphatic carbocycles. The highest BCUT2D eigenvalue weighted by molar-refractivity contribution is 7.22. The van der Waals surface area contributed by atoms with Crippen LogP contribution in [-0.4, -0.2) is 18.6 Å². The maximum Gasteiger partial charge on any atom is 0.191 e. The Balaban J connectivity index is 1.71. The summed E-state index contributed by atoms with van der Waals surface area (Å²) in [5.41, 5.74) is 6.87. The molecule has 4 heteroatoms. The van der Waals surface area contributed by atoms with Crippen molar-refractivity contribution in [2.45, 2.75) is 39.5 Å². The molecule has 3 aromatic rings. The van der Waals surface area contributed by atoms with Gasteiger partial charge in [-0.15, -0.1) is 0 Å². The largest absolute Gasteiger partial charge is 0.496 e. The van der Waals surface area contributed by atoms with Crippen LogP contribution in [-0.2, 0) is 6.42 Å². The van der Waals surface area contributed by atoms with E-state index >= 15 is 0 Å². The highest BCUT2D eigenvalue weighted by Crippen LogP contribution is 2.53. The number of para-hydroxylation sites is 1. The van der Waals surface area contributed by atoms with E-state index in [4.69, 9.17) is 9.72 Å². The van der Waals surface area contributed by atoms with E-state index in [1.165, 1.54) is 52.8 Å². The second-order valence-corrected chi connectivity index (χ2v) is 8.93. The molecule has 0 atom stereocenters. The van der Waals surface area contributed by atoms with Gasteiger partial charge in [-0.1, -0.05) is 29.9 Å². The number of fused-ring (bicyclic) bond motifs is 2. The Labute approximate surface area is 158 Å². The van der Waals surface area contributed by atoms with Crippen LogP contribution in [0, 0.1) is 19.3 Å². The van der Waals surface area contributed by atoms with E-state index in [1.54, 1.807) is 7.11 Å². The van der Waals surface area contributed by atoms with E-state index in [0.29, 0.717) is 5.41 Å². The Bertz CT molecular complexity index is 970. The zero-order valence-corrected chi connectivity index (χ0v) is 16.4. The number of nitrogens with zero attached hydrogens (tertiary/aromatic N) is 2. The standard InChI is InChI=1S/C22H24N2OS/c1-14-15(2)20-16(11-18(14)25-3)12-22(9-6-10-22)13-24(20)21-23-17-7-4-5-8-19(17)26-21/h4-5,7-8,11H,6,9-10,12-13H2,1-3H3. The first-order chi connectivity index (χ1) is 12.6. The van der Waals surface area contributed by atoms with Crippen LogP contribution in [0.3, 0.4) is 0 Å². The molecule has 1 fully saturated rings. The van der Waals surface area contributed by atoms with Crippen LogP contribution in [0.25, 0.3) is 10.2 Å². The van der Waals surface area contributed by atoms with Crippen LogP contribution in [0.2, 0.25) is 0 Å².